The van der Waals surface area contributed by atoms with Gasteiger partial charge in [0.1, 0.15) is 0 Å². The number of nitrogens with zero attached hydrogens (tertiary/aromatic N) is 1. The van der Waals surface area contributed by atoms with Crippen LogP contribution in [-0.4, -0.2) is 17.1 Å². The molecule has 0 saturated carbocycles. The molecule has 1 unspecified atom stereocenters. The van der Waals surface area contributed by atoms with E-state index in [1.165, 1.54) is 0 Å². The number of hydrogen-bond donors (Lipinski definition) is 0. The molecule has 0 spiro atoms. The summed E-state index contributed by atoms with van der Waals surface area (Å²) in [4.78, 5) is 3.78. The van der Waals surface area contributed by atoms with Crippen molar-refractivity contribution in [3.05, 3.63) is 12.2 Å². The second-order valence-corrected chi connectivity index (χ2v) is 2.23. The summed E-state index contributed by atoms with van der Waals surface area (Å²) in [5.41, 5.74) is 0.919. The number of thiocarbonyl (C=S) groups is 1. The van der Waals surface area contributed by atoms with Crippen LogP contribution in [0.2, 0.25) is 0 Å². The maximum Gasteiger partial charge on any atom is 0.0942 e. The molecule has 1 atom stereocenters. The number of alkyl halides is 1. The molecule has 0 bridgehead atoms. The molecular formula is C6H8ClNS. The summed E-state index contributed by atoms with van der Waals surface area (Å²) < 4.78 is 0. The summed E-state index contributed by atoms with van der Waals surface area (Å²) in [6, 6.07) is -0.0517. The molecule has 0 aromatic rings. The number of rotatable bonds is 3. The van der Waals surface area contributed by atoms with Gasteiger partial charge in [0.25, 0.3) is 0 Å². The second-order valence-electron chi connectivity index (χ2n) is 1.74. The zero-order chi connectivity index (χ0) is 7.28. The molecule has 0 fully saturated rings. The zero-order valence-electron chi connectivity index (χ0n) is 5.22. The molecule has 0 N–H and O–H groups in total. The van der Waals surface area contributed by atoms with E-state index in [1.807, 2.05) is 6.92 Å². The fourth-order valence-electron chi connectivity index (χ4n) is 0.340. The lowest BCUT2D eigenvalue weighted by Gasteiger charge is -2.03. The Balaban J connectivity index is 3.98. The minimum Gasteiger partial charge on any atom is -0.223 e. The van der Waals surface area contributed by atoms with Crippen LogP contribution in [0.1, 0.15) is 6.92 Å². The lowest BCUT2D eigenvalue weighted by atomic mass is 10.2. The van der Waals surface area contributed by atoms with Crippen molar-refractivity contribution >= 4 is 29.0 Å². The largest absolute Gasteiger partial charge is 0.223 e. The summed E-state index contributed by atoms with van der Waals surface area (Å²) in [5, 5.41) is 2.26. The minimum atomic E-state index is -0.0517. The Bertz CT molecular complexity index is 147. The lowest BCUT2D eigenvalue weighted by Crippen LogP contribution is -2.05. The van der Waals surface area contributed by atoms with Crippen molar-refractivity contribution in [2.75, 3.05) is 5.88 Å². The van der Waals surface area contributed by atoms with Crippen molar-refractivity contribution in [3.63, 3.8) is 0 Å². The van der Waals surface area contributed by atoms with E-state index in [-0.39, 0.29) is 6.04 Å². The van der Waals surface area contributed by atoms with Crippen LogP contribution in [0.3, 0.4) is 0 Å². The molecule has 0 heterocycles. The van der Waals surface area contributed by atoms with E-state index in [0.29, 0.717) is 5.88 Å². The van der Waals surface area contributed by atoms with Crippen molar-refractivity contribution < 1.29 is 0 Å². The number of hydrogen-bond acceptors (Lipinski definition) is 2. The summed E-state index contributed by atoms with van der Waals surface area (Å²) in [6.45, 7) is 5.54. The van der Waals surface area contributed by atoms with E-state index >= 15 is 0 Å². The van der Waals surface area contributed by atoms with Crippen LogP contribution < -0.4 is 0 Å². The van der Waals surface area contributed by atoms with Gasteiger partial charge in [-0.25, -0.2) is 4.99 Å². The molecule has 0 rings (SSSR count). The van der Waals surface area contributed by atoms with Gasteiger partial charge in [0.15, 0.2) is 0 Å². The highest BCUT2D eigenvalue weighted by Gasteiger charge is 2.02. The van der Waals surface area contributed by atoms with Crippen LogP contribution in [0.25, 0.3) is 0 Å². The summed E-state index contributed by atoms with van der Waals surface area (Å²) in [5.74, 6) is 0.430. The molecule has 0 amide bonds. The Hall–Kier alpha value is -0.170. The van der Waals surface area contributed by atoms with Gasteiger partial charge < -0.3 is 0 Å². The number of halogens is 1. The van der Waals surface area contributed by atoms with Crippen molar-refractivity contribution in [1.29, 1.82) is 0 Å². The standard InChI is InChI=1S/C6H8ClNS/c1-5(2)6(3-7)8-4-9/h6H,1,3H2,2H3. The fourth-order valence-corrected chi connectivity index (χ4v) is 0.800. The SMILES string of the molecule is C=C(C)C(CCl)N=C=S. The molecule has 0 aromatic carbocycles. The van der Waals surface area contributed by atoms with Gasteiger partial charge in [-0.3, -0.25) is 0 Å². The normalized spacial score (nSPS) is 11.8. The monoisotopic (exact) mass is 161 g/mol. The third-order valence-corrected chi connectivity index (χ3v) is 1.32. The lowest BCUT2D eigenvalue weighted by molar-refractivity contribution is 0.883. The topological polar surface area (TPSA) is 12.4 Å². The molecule has 0 aromatic heterocycles. The van der Waals surface area contributed by atoms with Gasteiger partial charge in [-0.15, -0.1) is 11.6 Å². The Kier molecular flexibility index (Phi) is 4.60. The minimum absolute atomic E-state index is 0.0517. The first-order valence-corrected chi connectivity index (χ1v) is 3.45. The van der Waals surface area contributed by atoms with Gasteiger partial charge in [-0.1, -0.05) is 12.2 Å². The molecule has 0 aliphatic carbocycles. The fraction of sp³-hybridized carbons (Fsp3) is 0.500. The second kappa shape index (κ2) is 4.68. The van der Waals surface area contributed by atoms with E-state index < -0.39 is 0 Å². The van der Waals surface area contributed by atoms with Crippen LogP contribution in [-0.2, 0) is 0 Å². The molecule has 0 saturated heterocycles. The van der Waals surface area contributed by atoms with Crippen molar-refractivity contribution in [2.24, 2.45) is 4.99 Å². The number of isothiocyanates is 1. The van der Waals surface area contributed by atoms with Gasteiger partial charge in [0.2, 0.25) is 0 Å². The third kappa shape index (κ3) is 3.41. The molecule has 0 aliphatic rings. The van der Waals surface area contributed by atoms with Crippen molar-refractivity contribution in [2.45, 2.75) is 13.0 Å². The molecule has 3 heteroatoms. The van der Waals surface area contributed by atoms with Crippen molar-refractivity contribution in [3.8, 4) is 0 Å². The first kappa shape index (κ1) is 8.83. The Morgan fingerprint density at radius 2 is 2.56 bits per heavy atom. The van der Waals surface area contributed by atoms with Gasteiger partial charge in [0, 0.05) is 5.88 Å². The number of aliphatic imine (C=N–C) groups is 1. The first-order chi connectivity index (χ1) is 4.22. The van der Waals surface area contributed by atoms with Gasteiger partial charge in [0.05, 0.1) is 11.2 Å². The highest BCUT2D eigenvalue weighted by Crippen LogP contribution is 2.03. The highest BCUT2D eigenvalue weighted by atomic mass is 35.5. The Morgan fingerprint density at radius 3 is 2.67 bits per heavy atom. The molecule has 9 heavy (non-hydrogen) atoms. The molecular weight excluding hydrogens is 154 g/mol. The van der Waals surface area contributed by atoms with Crippen LogP contribution in [0.5, 0.6) is 0 Å². The zero-order valence-corrected chi connectivity index (χ0v) is 6.80. The van der Waals surface area contributed by atoms with E-state index in [2.05, 4.69) is 29.0 Å². The summed E-state index contributed by atoms with van der Waals surface area (Å²) >= 11 is 9.90. The van der Waals surface area contributed by atoms with Gasteiger partial charge >= 0.3 is 0 Å². The average Bonchev–Trinajstić information content (AvgIpc) is 1.82. The van der Waals surface area contributed by atoms with Crippen LogP contribution in [0.4, 0.5) is 0 Å². The van der Waals surface area contributed by atoms with Crippen LogP contribution in [0.15, 0.2) is 17.1 Å². The van der Waals surface area contributed by atoms with E-state index in [0.717, 1.165) is 5.57 Å². The molecule has 50 valence electrons. The van der Waals surface area contributed by atoms with Crippen molar-refractivity contribution in [1.82, 2.24) is 0 Å². The Morgan fingerprint density at radius 1 is 2.00 bits per heavy atom. The Labute approximate surface area is 65.4 Å². The van der Waals surface area contributed by atoms with E-state index in [4.69, 9.17) is 11.6 Å². The highest BCUT2D eigenvalue weighted by molar-refractivity contribution is 7.78. The quantitative estimate of drug-likeness (QED) is 0.268. The average molecular weight is 162 g/mol. The summed E-state index contributed by atoms with van der Waals surface area (Å²) in [6.07, 6.45) is 0. The van der Waals surface area contributed by atoms with E-state index in [1.54, 1.807) is 0 Å². The molecule has 0 radical (unpaired) electrons. The van der Waals surface area contributed by atoms with Crippen LogP contribution in [0, 0.1) is 0 Å². The predicted molar refractivity (Wildman–Crippen MR) is 44.3 cm³/mol. The van der Waals surface area contributed by atoms with Gasteiger partial charge in [-0.2, -0.15) is 0 Å². The summed E-state index contributed by atoms with van der Waals surface area (Å²) in [7, 11) is 0. The van der Waals surface area contributed by atoms with Gasteiger partial charge in [-0.05, 0) is 19.1 Å². The predicted octanol–water partition coefficient (Wildman–Crippen LogP) is 2.27. The molecule has 1 nitrogen and oxygen atoms in total. The smallest absolute Gasteiger partial charge is 0.0942 e. The maximum absolute atomic E-state index is 5.50. The van der Waals surface area contributed by atoms with Crippen LogP contribution >= 0.6 is 23.8 Å². The third-order valence-electron chi connectivity index (χ3n) is 0.924. The maximum atomic E-state index is 5.50. The van der Waals surface area contributed by atoms with E-state index in [9.17, 15) is 0 Å². The molecule has 0 aliphatic heterocycles. The first-order valence-electron chi connectivity index (χ1n) is 2.50.